The predicted octanol–water partition coefficient (Wildman–Crippen LogP) is 4.06. The highest BCUT2D eigenvalue weighted by Gasteiger charge is 2.19. The first kappa shape index (κ1) is 11.9. The fourth-order valence-corrected chi connectivity index (χ4v) is 3.52. The van der Waals surface area contributed by atoms with Crippen molar-refractivity contribution in [1.82, 2.24) is 0 Å². The van der Waals surface area contributed by atoms with Gasteiger partial charge in [-0.2, -0.15) is 0 Å². The van der Waals surface area contributed by atoms with Crippen molar-refractivity contribution in [3.05, 3.63) is 43.9 Å². The van der Waals surface area contributed by atoms with E-state index >= 15 is 0 Å². The third kappa shape index (κ3) is 2.10. The number of halogens is 1. The first-order valence-electron chi connectivity index (χ1n) is 5.13. The molecule has 2 nitrogen and oxygen atoms in total. The SMILES string of the molecule is CCc1occc1C(O)c1cc(Br)sc1C. The van der Waals surface area contributed by atoms with Crippen LogP contribution in [0.3, 0.4) is 0 Å². The molecule has 2 aromatic rings. The summed E-state index contributed by atoms with van der Waals surface area (Å²) < 4.78 is 6.38. The van der Waals surface area contributed by atoms with Gasteiger partial charge in [-0.3, -0.25) is 0 Å². The first-order chi connectivity index (χ1) is 7.63. The standard InChI is InChI=1S/C12H13BrO2S/c1-3-10-8(4-5-15-10)12(14)9-6-11(13)16-7(9)2/h4-6,12,14H,3H2,1-2H3. The molecule has 0 bridgehead atoms. The van der Waals surface area contributed by atoms with Crippen LogP contribution in [0.2, 0.25) is 0 Å². The Morgan fingerprint density at radius 1 is 1.50 bits per heavy atom. The maximum Gasteiger partial charge on any atom is 0.109 e. The van der Waals surface area contributed by atoms with E-state index in [9.17, 15) is 5.11 Å². The van der Waals surface area contributed by atoms with Crippen LogP contribution >= 0.6 is 27.3 Å². The second kappa shape index (κ2) is 4.73. The van der Waals surface area contributed by atoms with Crippen LogP contribution in [0.25, 0.3) is 0 Å². The van der Waals surface area contributed by atoms with Gasteiger partial charge in [-0.1, -0.05) is 6.92 Å². The van der Waals surface area contributed by atoms with Crippen molar-refractivity contribution in [3.8, 4) is 0 Å². The van der Waals surface area contributed by atoms with Crippen molar-refractivity contribution < 1.29 is 9.52 Å². The van der Waals surface area contributed by atoms with E-state index < -0.39 is 6.10 Å². The molecule has 0 saturated carbocycles. The van der Waals surface area contributed by atoms with Gasteiger partial charge in [0.1, 0.15) is 11.9 Å². The maximum absolute atomic E-state index is 10.3. The Kier molecular flexibility index (Phi) is 3.52. The quantitative estimate of drug-likeness (QED) is 0.927. The van der Waals surface area contributed by atoms with Gasteiger partial charge in [-0.05, 0) is 40.5 Å². The fraction of sp³-hybridized carbons (Fsp3) is 0.333. The smallest absolute Gasteiger partial charge is 0.109 e. The van der Waals surface area contributed by atoms with Gasteiger partial charge >= 0.3 is 0 Å². The molecule has 0 amide bonds. The zero-order chi connectivity index (χ0) is 11.7. The van der Waals surface area contributed by atoms with Crippen LogP contribution in [0.15, 0.2) is 26.6 Å². The second-order valence-electron chi connectivity index (χ2n) is 3.62. The normalized spacial score (nSPS) is 13.0. The van der Waals surface area contributed by atoms with Crippen molar-refractivity contribution >= 4 is 27.3 Å². The van der Waals surface area contributed by atoms with Crippen LogP contribution < -0.4 is 0 Å². The molecule has 0 aromatic carbocycles. The van der Waals surface area contributed by atoms with Crippen molar-refractivity contribution in [3.63, 3.8) is 0 Å². The van der Waals surface area contributed by atoms with Crippen LogP contribution in [0.5, 0.6) is 0 Å². The van der Waals surface area contributed by atoms with Crippen molar-refractivity contribution in [1.29, 1.82) is 0 Å². The molecule has 1 N–H and O–H groups in total. The Morgan fingerprint density at radius 2 is 2.25 bits per heavy atom. The number of hydrogen-bond acceptors (Lipinski definition) is 3. The van der Waals surface area contributed by atoms with E-state index in [1.54, 1.807) is 17.6 Å². The lowest BCUT2D eigenvalue weighted by Gasteiger charge is -2.09. The van der Waals surface area contributed by atoms with Gasteiger partial charge in [0, 0.05) is 16.9 Å². The number of hydrogen-bond donors (Lipinski definition) is 1. The summed E-state index contributed by atoms with van der Waals surface area (Å²) in [5.74, 6) is 0.856. The lowest BCUT2D eigenvalue weighted by Crippen LogP contribution is -2.00. The molecule has 4 heteroatoms. The second-order valence-corrected chi connectivity index (χ2v) is 6.25. The van der Waals surface area contributed by atoms with Gasteiger partial charge < -0.3 is 9.52 Å². The largest absolute Gasteiger partial charge is 0.469 e. The molecule has 0 fully saturated rings. The highest BCUT2D eigenvalue weighted by molar-refractivity contribution is 9.11. The van der Waals surface area contributed by atoms with Gasteiger partial charge in [0.2, 0.25) is 0 Å². The summed E-state index contributed by atoms with van der Waals surface area (Å²) >= 11 is 5.07. The average molecular weight is 301 g/mol. The van der Waals surface area contributed by atoms with Gasteiger partial charge in [0.15, 0.2) is 0 Å². The molecule has 2 aromatic heterocycles. The zero-order valence-corrected chi connectivity index (χ0v) is 11.6. The summed E-state index contributed by atoms with van der Waals surface area (Å²) in [5.41, 5.74) is 1.82. The topological polar surface area (TPSA) is 33.4 Å². The molecule has 0 radical (unpaired) electrons. The maximum atomic E-state index is 10.3. The summed E-state index contributed by atoms with van der Waals surface area (Å²) in [4.78, 5) is 1.13. The van der Waals surface area contributed by atoms with Crippen molar-refractivity contribution in [2.45, 2.75) is 26.4 Å². The monoisotopic (exact) mass is 300 g/mol. The number of furan rings is 1. The molecule has 1 atom stereocenters. The van der Waals surface area contributed by atoms with Gasteiger partial charge in [-0.15, -0.1) is 11.3 Å². The third-order valence-electron chi connectivity index (χ3n) is 2.62. The minimum Gasteiger partial charge on any atom is -0.469 e. The van der Waals surface area contributed by atoms with E-state index in [0.29, 0.717) is 0 Å². The van der Waals surface area contributed by atoms with Crippen LogP contribution in [0, 0.1) is 6.92 Å². The van der Waals surface area contributed by atoms with Gasteiger partial charge in [-0.25, -0.2) is 0 Å². The molecular formula is C12H13BrO2S. The Labute approximate surface area is 107 Å². The fourth-order valence-electron chi connectivity index (χ4n) is 1.78. The van der Waals surface area contributed by atoms with Gasteiger partial charge in [0.05, 0.1) is 10.0 Å². The van der Waals surface area contributed by atoms with Gasteiger partial charge in [0.25, 0.3) is 0 Å². The summed E-state index contributed by atoms with van der Waals surface area (Å²) in [5, 5.41) is 10.3. The molecule has 1 unspecified atom stereocenters. The van der Waals surface area contributed by atoms with E-state index in [4.69, 9.17) is 4.42 Å². The minimum absolute atomic E-state index is 0.587. The number of rotatable bonds is 3. The van der Waals surface area contributed by atoms with Crippen molar-refractivity contribution in [2.75, 3.05) is 0 Å². The molecule has 0 aliphatic rings. The van der Waals surface area contributed by atoms with Crippen LogP contribution in [-0.2, 0) is 6.42 Å². The lowest BCUT2D eigenvalue weighted by atomic mass is 10.0. The summed E-state index contributed by atoms with van der Waals surface area (Å²) in [7, 11) is 0. The number of aliphatic hydroxyl groups excluding tert-OH is 1. The highest BCUT2D eigenvalue weighted by atomic mass is 79.9. The van der Waals surface area contributed by atoms with E-state index in [1.165, 1.54) is 0 Å². The Balaban J connectivity index is 2.38. The summed E-state index contributed by atoms with van der Waals surface area (Å²) in [6.45, 7) is 4.03. The van der Waals surface area contributed by atoms with E-state index in [0.717, 1.165) is 32.0 Å². The third-order valence-corrected chi connectivity index (χ3v) is 4.19. The Hall–Kier alpha value is -0.580. The molecule has 0 saturated heterocycles. The molecule has 2 heterocycles. The van der Waals surface area contributed by atoms with E-state index in [1.807, 2.05) is 26.0 Å². The number of aryl methyl sites for hydroxylation is 2. The highest BCUT2D eigenvalue weighted by Crippen LogP contribution is 2.35. The molecule has 2 rings (SSSR count). The Bertz CT molecular complexity index is 487. The zero-order valence-electron chi connectivity index (χ0n) is 9.16. The van der Waals surface area contributed by atoms with Crippen LogP contribution in [-0.4, -0.2) is 5.11 Å². The molecule has 16 heavy (non-hydrogen) atoms. The predicted molar refractivity (Wildman–Crippen MR) is 68.9 cm³/mol. The lowest BCUT2D eigenvalue weighted by molar-refractivity contribution is 0.217. The van der Waals surface area contributed by atoms with Crippen LogP contribution in [0.1, 0.15) is 34.8 Å². The molecule has 86 valence electrons. The van der Waals surface area contributed by atoms with Crippen LogP contribution in [0.4, 0.5) is 0 Å². The molecule has 0 spiro atoms. The molecular weight excluding hydrogens is 288 g/mol. The minimum atomic E-state index is -0.587. The average Bonchev–Trinajstić information content (AvgIpc) is 2.83. The Morgan fingerprint density at radius 3 is 2.81 bits per heavy atom. The summed E-state index contributed by atoms with van der Waals surface area (Å²) in [6, 6.07) is 3.81. The molecule has 0 aliphatic heterocycles. The van der Waals surface area contributed by atoms with Crippen molar-refractivity contribution in [2.24, 2.45) is 0 Å². The van der Waals surface area contributed by atoms with E-state index in [-0.39, 0.29) is 0 Å². The number of thiophene rings is 1. The molecule has 0 aliphatic carbocycles. The summed E-state index contributed by atoms with van der Waals surface area (Å²) in [6.07, 6.45) is 1.84. The number of aliphatic hydroxyl groups is 1. The first-order valence-corrected chi connectivity index (χ1v) is 6.74. The van der Waals surface area contributed by atoms with E-state index in [2.05, 4.69) is 15.9 Å².